The van der Waals surface area contributed by atoms with Crippen molar-refractivity contribution in [3.05, 3.63) is 64.9 Å². The number of hydrogen-bond donors (Lipinski definition) is 2. The number of rotatable bonds is 6. The van der Waals surface area contributed by atoms with Crippen LogP contribution in [0.15, 0.2) is 53.7 Å². The van der Waals surface area contributed by atoms with E-state index in [9.17, 15) is 9.18 Å². The number of nitrogens with two attached hydrogens (primary N) is 1. The summed E-state index contributed by atoms with van der Waals surface area (Å²) < 4.78 is 15.0. The van der Waals surface area contributed by atoms with Gasteiger partial charge in [0, 0.05) is 11.6 Å². The van der Waals surface area contributed by atoms with Crippen molar-refractivity contribution in [3.63, 3.8) is 0 Å². The summed E-state index contributed by atoms with van der Waals surface area (Å²) in [6, 6.07) is 13.4. The Kier molecular flexibility index (Phi) is 5.75. The van der Waals surface area contributed by atoms with Gasteiger partial charge in [0.05, 0.1) is 11.3 Å². The molecule has 0 saturated carbocycles. The van der Waals surface area contributed by atoms with E-state index >= 15 is 0 Å². The summed E-state index contributed by atoms with van der Waals surface area (Å²) in [5.74, 6) is 5.62. The Bertz CT molecular complexity index is 916. The molecule has 0 spiro atoms. The van der Waals surface area contributed by atoms with Crippen molar-refractivity contribution in [2.75, 3.05) is 11.6 Å². The Morgan fingerprint density at radius 2 is 1.92 bits per heavy atom. The molecule has 3 aromatic rings. The summed E-state index contributed by atoms with van der Waals surface area (Å²) in [6.45, 7) is 0.395. The molecule has 26 heavy (non-hydrogen) atoms. The van der Waals surface area contributed by atoms with E-state index in [1.807, 2.05) is 12.1 Å². The molecule has 0 aliphatic rings. The van der Waals surface area contributed by atoms with Crippen LogP contribution in [0, 0.1) is 5.82 Å². The van der Waals surface area contributed by atoms with Crippen LogP contribution in [0.25, 0.3) is 11.4 Å². The molecule has 0 bridgehead atoms. The van der Waals surface area contributed by atoms with E-state index in [4.69, 9.17) is 17.4 Å². The Hall–Kier alpha value is -2.58. The lowest BCUT2D eigenvalue weighted by Crippen LogP contribution is -2.25. The zero-order valence-electron chi connectivity index (χ0n) is 13.5. The van der Waals surface area contributed by atoms with Gasteiger partial charge in [0.15, 0.2) is 5.82 Å². The van der Waals surface area contributed by atoms with Crippen LogP contribution < -0.4 is 11.2 Å². The van der Waals surface area contributed by atoms with Crippen molar-refractivity contribution in [1.29, 1.82) is 0 Å². The van der Waals surface area contributed by atoms with E-state index in [0.717, 1.165) is 17.3 Å². The number of thioether (sulfide) groups is 1. The summed E-state index contributed by atoms with van der Waals surface area (Å²) in [6.07, 6.45) is 0. The van der Waals surface area contributed by atoms with Crippen molar-refractivity contribution >= 4 is 29.3 Å². The number of carbonyl (C=O) groups excluding carboxylic acids is 1. The van der Waals surface area contributed by atoms with Crippen LogP contribution in [-0.2, 0) is 11.3 Å². The average Bonchev–Trinajstić information content (AvgIpc) is 3.00. The number of carbonyl (C=O) groups is 1. The van der Waals surface area contributed by atoms with Crippen molar-refractivity contribution in [3.8, 4) is 11.4 Å². The minimum atomic E-state index is -0.441. The molecular formula is C17H15ClFN5OS. The first-order chi connectivity index (χ1) is 12.5. The van der Waals surface area contributed by atoms with E-state index in [1.165, 1.54) is 10.7 Å². The quantitative estimate of drug-likeness (QED) is 0.498. The van der Waals surface area contributed by atoms with Crippen molar-refractivity contribution in [2.45, 2.75) is 11.7 Å². The minimum absolute atomic E-state index is 0.111. The highest BCUT2D eigenvalue weighted by Gasteiger charge is 2.16. The number of amides is 1. The largest absolute Gasteiger partial charge is 0.351 e. The first-order valence-electron chi connectivity index (χ1n) is 7.64. The normalized spacial score (nSPS) is 10.7. The Morgan fingerprint density at radius 1 is 1.19 bits per heavy atom. The number of halogens is 2. The van der Waals surface area contributed by atoms with E-state index in [-0.39, 0.29) is 23.0 Å². The van der Waals surface area contributed by atoms with Gasteiger partial charge >= 0.3 is 0 Å². The first-order valence-corrected chi connectivity index (χ1v) is 9.00. The summed E-state index contributed by atoms with van der Waals surface area (Å²) in [7, 11) is 0. The zero-order chi connectivity index (χ0) is 18.5. The predicted octanol–water partition coefficient (Wildman–Crippen LogP) is 2.86. The number of nitrogens with one attached hydrogen (secondary N) is 1. The Balaban J connectivity index is 1.57. The van der Waals surface area contributed by atoms with E-state index in [0.29, 0.717) is 16.7 Å². The predicted molar refractivity (Wildman–Crippen MR) is 99.6 cm³/mol. The summed E-state index contributed by atoms with van der Waals surface area (Å²) in [5, 5.41) is 11.6. The van der Waals surface area contributed by atoms with Gasteiger partial charge in [0.1, 0.15) is 5.82 Å². The molecule has 1 amide bonds. The van der Waals surface area contributed by atoms with Gasteiger partial charge in [-0.1, -0.05) is 47.6 Å². The summed E-state index contributed by atoms with van der Waals surface area (Å²) >= 11 is 6.94. The molecule has 0 aliphatic heterocycles. The third-order valence-electron chi connectivity index (χ3n) is 3.51. The number of aromatic nitrogens is 3. The molecule has 3 N–H and O–H groups in total. The maximum absolute atomic E-state index is 13.8. The lowest BCUT2D eigenvalue weighted by molar-refractivity contribution is -0.118. The van der Waals surface area contributed by atoms with Crippen LogP contribution in [0.1, 0.15) is 5.56 Å². The molecule has 134 valence electrons. The fourth-order valence-electron chi connectivity index (χ4n) is 2.19. The van der Waals surface area contributed by atoms with Gasteiger partial charge < -0.3 is 11.2 Å². The second-order valence-electron chi connectivity index (χ2n) is 5.35. The molecule has 1 heterocycles. The second-order valence-corrected chi connectivity index (χ2v) is 6.73. The lowest BCUT2D eigenvalue weighted by atomic mass is 10.2. The van der Waals surface area contributed by atoms with Crippen LogP contribution in [0.5, 0.6) is 0 Å². The third kappa shape index (κ3) is 4.33. The molecule has 2 aromatic carbocycles. The van der Waals surface area contributed by atoms with Crippen LogP contribution in [0.2, 0.25) is 5.02 Å². The van der Waals surface area contributed by atoms with Crippen LogP contribution in [0.3, 0.4) is 0 Å². The van der Waals surface area contributed by atoms with Gasteiger partial charge in [-0.25, -0.2) is 9.07 Å². The fraction of sp³-hybridized carbons (Fsp3) is 0.118. The van der Waals surface area contributed by atoms with Gasteiger partial charge in [-0.15, -0.1) is 10.2 Å². The van der Waals surface area contributed by atoms with Gasteiger partial charge in [0.2, 0.25) is 11.1 Å². The van der Waals surface area contributed by atoms with Gasteiger partial charge in [-0.2, -0.15) is 0 Å². The molecule has 0 radical (unpaired) electrons. The van der Waals surface area contributed by atoms with Crippen LogP contribution in [0.4, 0.5) is 4.39 Å². The number of hydrogen-bond acceptors (Lipinski definition) is 5. The van der Waals surface area contributed by atoms with E-state index < -0.39 is 5.82 Å². The number of benzene rings is 2. The first kappa shape index (κ1) is 18.2. The minimum Gasteiger partial charge on any atom is -0.351 e. The topological polar surface area (TPSA) is 85.8 Å². The van der Waals surface area contributed by atoms with E-state index in [1.54, 1.807) is 30.3 Å². The molecule has 0 aliphatic carbocycles. The smallest absolute Gasteiger partial charge is 0.230 e. The number of nitrogens with zero attached hydrogens (tertiary/aromatic N) is 3. The molecule has 9 heteroatoms. The van der Waals surface area contributed by atoms with Gasteiger partial charge in [-0.05, 0) is 29.8 Å². The maximum Gasteiger partial charge on any atom is 0.230 e. The highest BCUT2D eigenvalue weighted by Crippen LogP contribution is 2.23. The number of nitrogen functional groups attached to an aromatic ring is 1. The summed E-state index contributed by atoms with van der Waals surface area (Å²) in [4.78, 5) is 12.0. The summed E-state index contributed by atoms with van der Waals surface area (Å²) in [5.41, 5.74) is 1.19. The zero-order valence-corrected chi connectivity index (χ0v) is 15.1. The molecule has 0 saturated heterocycles. The van der Waals surface area contributed by atoms with E-state index in [2.05, 4.69) is 15.5 Å². The standard InChI is InChI=1S/C17H15ClFN5OS/c18-12-7-5-11(6-8-12)9-21-15(25)10-26-17-23-22-16(24(17)20)13-3-1-2-4-14(13)19/h1-8H,9-10,20H2,(H,21,25). The Labute approximate surface area is 158 Å². The SMILES string of the molecule is Nn1c(SCC(=O)NCc2ccc(Cl)cc2)nnc1-c1ccccc1F. The molecule has 1 aromatic heterocycles. The van der Waals surface area contributed by atoms with Crippen LogP contribution in [-0.4, -0.2) is 26.5 Å². The molecule has 3 rings (SSSR count). The van der Waals surface area contributed by atoms with Crippen LogP contribution >= 0.6 is 23.4 Å². The second kappa shape index (κ2) is 8.20. The maximum atomic E-state index is 13.8. The Morgan fingerprint density at radius 3 is 2.65 bits per heavy atom. The third-order valence-corrected chi connectivity index (χ3v) is 4.71. The molecule has 0 unspecified atom stereocenters. The highest BCUT2D eigenvalue weighted by atomic mass is 35.5. The van der Waals surface area contributed by atoms with Crippen molar-refractivity contribution < 1.29 is 9.18 Å². The van der Waals surface area contributed by atoms with Gasteiger partial charge in [0.25, 0.3) is 0 Å². The average molecular weight is 392 g/mol. The monoisotopic (exact) mass is 391 g/mol. The molecular weight excluding hydrogens is 377 g/mol. The fourth-order valence-corrected chi connectivity index (χ4v) is 3.00. The molecule has 0 atom stereocenters. The van der Waals surface area contributed by atoms with Crippen molar-refractivity contribution in [1.82, 2.24) is 20.2 Å². The molecule has 0 fully saturated rings. The highest BCUT2D eigenvalue weighted by molar-refractivity contribution is 7.99. The molecule has 6 nitrogen and oxygen atoms in total. The van der Waals surface area contributed by atoms with Crippen molar-refractivity contribution in [2.24, 2.45) is 0 Å². The lowest BCUT2D eigenvalue weighted by Gasteiger charge is -2.06. The van der Waals surface area contributed by atoms with Gasteiger partial charge in [-0.3, -0.25) is 4.79 Å².